The van der Waals surface area contributed by atoms with E-state index in [0.717, 1.165) is 17.9 Å². The summed E-state index contributed by atoms with van der Waals surface area (Å²) >= 11 is 0. The summed E-state index contributed by atoms with van der Waals surface area (Å²) < 4.78 is 7.00. The number of aromatic nitrogens is 2. The van der Waals surface area contributed by atoms with Gasteiger partial charge in [-0.3, -0.25) is 9.48 Å². The molecule has 4 heteroatoms. The second-order valence-electron chi connectivity index (χ2n) is 4.28. The van der Waals surface area contributed by atoms with Gasteiger partial charge in [0.2, 0.25) is 5.78 Å². The minimum absolute atomic E-state index is 0.0160. The van der Waals surface area contributed by atoms with Crippen molar-refractivity contribution in [2.24, 2.45) is 7.05 Å². The minimum atomic E-state index is -0.0160. The molecule has 1 heterocycles. The van der Waals surface area contributed by atoms with Gasteiger partial charge in [0, 0.05) is 12.6 Å². The van der Waals surface area contributed by atoms with Gasteiger partial charge in [0.05, 0.1) is 12.3 Å². The number of hydrogen-bond donors (Lipinski definition) is 0. The molecule has 0 amide bonds. The molecule has 0 saturated carbocycles. The first-order valence-corrected chi connectivity index (χ1v) is 6.46. The number of nitrogens with zero attached hydrogens (tertiary/aromatic N) is 2. The lowest BCUT2D eigenvalue weighted by molar-refractivity contribution is 0.103. The summed E-state index contributed by atoms with van der Waals surface area (Å²) in [6.07, 6.45) is 0.824. The Morgan fingerprint density at radius 1 is 1.26 bits per heavy atom. The minimum Gasteiger partial charge on any atom is -0.494 e. The number of ketones is 1. The normalized spacial score (nSPS) is 10.5. The average molecular weight is 258 g/mol. The SMILES string of the molecule is CCOc1ccc(C(=O)c2cc(CC)nn2C)cc1. The fraction of sp³-hybridized carbons (Fsp3) is 0.333. The molecule has 0 bridgehead atoms. The van der Waals surface area contributed by atoms with E-state index in [4.69, 9.17) is 4.74 Å². The number of ether oxygens (including phenoxy) is 1. The molecule has 1 aromatic heterocycles. The van der Waals surface area contributed by atoms with Crippen molar-refractivity contribution < 1.29 is 9.53 Å². The maximum Gasteiger partial charge on any atom is 0.211 e. The van der Waals surface area contributed by atoms with Gasteiger partial charge in [-0.15, -0.1) is 0 Å². The Balaban J connectivity index is 2.25. The van der Waals surface area contributed by atoms with Crippen LogP contribution in [0.1, 0.15) is 35.6 Å². The summed E-state index contributed by atoms with van der Waals surface area (Å²) in [4.78, 5) is 12.4. The summed E-state index contributed by atoms with van der Waals surface area (Å²) in [5.74, 6) is 0.760. The topological polar surface area (TPSA) is 44.1 Å². The van der Waals surface area contributed by atoms with Gasteiger partial charge in [-0.25, -0.2) is 0 Å². The second kappa shape index (κ2) is 5.69. The molecule has 19 heavy (non-hydrogen) atoms. The van der Waals surface area contributed by atoms with E-state index in [1.54, 1.807) is 23.9 Å². The van der Waals surface area contributed by atoms with Crippen LogP contribution < -0.4 is 4.74 Å². The van der Waals surface area contributed by atoms with Gasteiger partial charge in [-0.05, 0) is 43.7 Å². The van der Waals surface area contributed by atoms with E-state index in [0.29, 0.717) is 17.9 Å². The van der Waals surface area contributed by atoms with Crippen molar-refractivity contribution >= 4 is 5.78 Å². The standard InChI is InChI=1S/C15H18N2O2/c1-4-12-10-14(17(3)16-12)15(18)11-6-8-13(9-7-11)19-5-2/h6-10H,4-5H2,1-3H3. The second-order valence-corrected chi connectivity index (χ2v) is 4.28. The first-order valence-electron chi connectivity index (χ1n) is 6.46. The van der Waals surface area contributed by atoms with E-state index in [2.05, 4.69) is 5.10 Å². The number of rotatable bonds is 5. The van der Waals surface area contributed by atoms with E-state index in [-0.39, 0.29) is 5.78 Å². The molecule has 0 unspecified atom stereocenters. The first kappa shape index (κ1) is 13.3. The quantitative estimate of drug-likeness (QED) is 0.774. The van der Waals surface area contributed by atoms with Gasteiger partial charge in [0.25, 0.3) is 0 Å². The number of carbonyl (C=O) groups is 1. The average Bonchev–Trinajstić information content (AvgIpc) is 2.80. The Hall–Kier alpha value is -2.10. The largest absolute Gasteiger partial charge is 0.494 e. The van der Waals surface area contributed by atoms with Gasteiger partial charge in [0.15, 0.2) is 0 Å². The van der Waals surface area contributed by atoms with Gasteiger partial charge in [-0.2, -0.15) is 5.10 Å². The van der Waals surface area contributed by atoms with Crippen LogP contribution >= 0.6 is 0 Å². The van der Waals surface area contributed by atoms with Gasteiger partial charge >= 0.3 is 0 Å². The monoisotopic (exact) mass is 258 g/mol. The number of aryl methyl sites for hydroxylation is 2. The van der Waals surface area contributed by atoms with Gasteiger partial charge in [0.1, 0.15) is 11.4 Å². The molecule has 0 spiro atoms. The van der Waals surface area contributed by atoms with Crippen molar-refractivity contribution in [1.82, 2.24) is 9.78 Å². The lowest BCUT2D eigenvalue weighted by Gasteiger charge is -2.04. The van der Waals surface area contributed by atoms with Crippen LogP contribution in [0.25, 0.3) is 0 Å². The van der Waals surface area contributed by atoms with Crippen LogP contribution in [0.5, 0.6) is 5.75 Å². The highest BCUT2D eigenvalue weighted by Gasteiger charge is 2.14. The molecule has 1 aromatic carbocycles. The number of hydrogen-bond acceptors (Lipinski definition) is 3. The Labute approximate surface area is 113 Å². The molecule has 0 saturated heterocycles. The van der Waals surface area contributed by atoms with Crippen LogP contribution in [0.15, 0.2) is 30.3 Å². The van der Waals surface area contributed by atoms with Crippen molar-refractivity contribution in [3.05, 3.63) is 47.3 Å². The highest BCUT2D eigenvalue weighted by Crippen LogP contribution is 2.16. The maximum absolute atomic E-state index is 12.4. The zero-order valence-corrected chi connectivity index (χ0v) is 11.5. The third-order valence-corrected chi connectivity index (χ3v) is 2.95. The van der Waals surface area contributed by atoms with E-state index >= 15 is 0 Å². The molecule has 100 valence electrons. The van der Waals surface area contributed by atoms with Crippen LogP contribution in [0.4, 0.5) is 0 Å². The maximum atomic E-state index is 12.4. The molecule has 2 aromatic rings. The Morgan fingerprint density at radius 3 is 2.47 bits per heavy atom. The summed E-state index contributed by atoms with van der Waals surface area (Å²) in [6.45, 7) is 4.57. The fourth-order valence-electron chi connectivity index (χ4n) is 1.93. The highest BCUT2D eigenvalue weighted by atomic mass is 16.5. The van der Waals surface area contributed by atoms with Crippen molar-refractivity contribution in [3.8, 4) is 5.75 Å². The van der Waals surface area contributed by atoms with E-state index in [9.17, 15) is 4.79 Å². The van der Waals surface area contributed by atoms with Crippen molar-refractivity contribution in [2.45, 2.75) is 20.3 Å². The molecule has 0 aliphatic heterocycles. The van der Waals surface area contributed by atoms with Gasteiger partial charge in [-0.1, -0.05) is 6.92 Å². The van der Waals surface area contributed by atoms with Crippen molar-refractivity contribution in [2.75, 3.05) is 6.61 Å². The molecule has 2 rings (SSSR count). The molecule has 0 radical (unpaired) electrons. The zero-order valence-electron chi connectivity index (χ0n) is 11.5. The Kier molecular flexibility index (Phi) is 4.00. The van der Waals surface area contributed by atoms with Crippen LogP contribution in [0.2, 0.25) is 0 Å². The molecular formula is C15H18N2O2. The van der Waals surface area contributed by atoms with Crippen molar-refractivity contribution in [1.29, 1.82) is 0 Å². The number of carbonyl (C=O) groups excluding carboxylic acids is 1. The molecule has 0 fully saturated rings. The van der Waals surface area contributed by atoms with E-state index in [1.807, 2.05) is 32.0 Å². The van der Waals surface area contributed by atoms with Crippen LogP contribution in [0.3, 0.4) is 0 Å². The third kappa shape index (κ3) is 2.84. The summed E-state index contributed by atoms with van der Waals surface area (Å²) in [5, 5.41) is 4.29. The van der Waals surface area contributed by atoms with Crippen LogP contribution in [0, 0.1) is 0 Å². The summed E-state index contributed by atoms with van der Waals surface area (Å²) in [7, 11) is 1.79. The molecule has 0 N–H and O–H groups in total. The lowest BCUT2D eigenvalue weighted by Crippen LogP contribution is -2.08. The fourth-order valence-corrected chi connectivity index (χ4v) is 1.93. The predicted octanol–water partition coefficient (Wildman–Crippen LogP) is 2.61. The smallest absolute Gasteiger partial charge is 0.211 e. The van der Waals surface area contributed by atoms with E-state index < -0.39 is 0 Å². The van der Waals surface area contributed by atoms with Crippen LogP contribution in [-0.4, -0.2) is 22.2 Å². The highest BCUT2D eigenvalue weighted by molar-refractivity contribution is 6.08. The predicted molar refractivity (Wildman–Crippen MR) is 73.6 cm³/mol. The Bertz CT molecular complexity index is 570. The van der Waals surface area contributed by atoms with Crippen LogP contribution in [-0.2, 0) is 13.5 Å². The Morgan fingerprint density at radius 2 is 1.95 bits per heavy atom. The molecule has 0 aliphatic carbocycles. The zero-order chi connectivity index (χ0) is 13.8. The molecular weight excluding hydrogens is 240 g/mol. The lowest BCUT2D eigenvalue weighted by atomic mass is 10.1. The first-order chi connectivity index (χ1) is 9.15. The van der Waals surface area contributed by atoms with Gasteiger partial charge < -0.3 is 4.74 Å². The third-order valence-electron chi connectivity index (χ3n) is 2.95. The summed E-state index contributed by atoms with van der Waals surface area (Å²) in [6, 6.07) is 9.04. The molecule has 0 atom stereocenters. The van der Waals surface area contributed by atoms with E-state index in [1.165, 1.54) is 0 Å². The molecule has 4 nitrogen and oxygen atoms in total. The molecule has 0 aliphatic rings. The number of benzene rings is 1. The van der Waals surface area contributed by atoms with Crippen molar-refractivity contribution in [3.63, 3.8) is 0 Å². The summed E-state index contributed by atoms with van der Waals surface area (Å²) in [5.41, 5.74) is 2.19.